The molecule has 0 aliphatic carbocycles. The van der Waals surface area contributed by atoms with Gasteiger partial charge in [-0.15, -0.1) is 0 Å². The molecule has 0 spiro atoms. The zero-order valence-electron chi connectivity index (χ0n) is 15.2. The first kappa shape index (κ1) is 19.8. The van der Waals surface area contributed by atoms with Crippen molar-refractivity contribution in [2.45, 2.75) is 13.5 Å². The Morgan fingerprint density at radius 2 is 2.11 bits per heavy atom. The highest BCUT2D eigenvalue weighted by Crippen LogP contribution is 2.28. The van der Waals surface area contributed by atoms with Crippen molar-refractivity contribution in [2.24, 2.45) is 5.10 Å². The minimum atomic E-state index is -0.381. The van der Waals surface area contributed by atoms with Crippen molar-refractivity contribution in [3.05, 3.63) is 79.4 Å². The normalized spacial score (nSPS) is 11.0. The molecule has 9 heteroatoms. The molecular formula is C19H17ClN4O3S. The summed E-state index contributed by atoms with van der Waals surface area (Å²) < 4.78 is 12.4. The number of aromatic nitrogens is 3. The zero-order valence-corrected chi connectivity index (χ0v) is 16.8. The van der Waals surface area contributed by atoms with Crippen LogP contribution in [-0.2, 0) is 6.61 Å². The van der Waals surface area contributed by atoms with Gasteiger partial charge in [0, 0.05) is 5.02 Å². The highest BCUT2D eigenvalue weighted by atomic mass is 35.5. The fourth-order valence-electron chi connectivity index (χ4n) is 2.37. The number of ether oxygens (including phenoxy) is 2. The molecule has 28 heavy (non-hydrogen) atoms. The fourth-order valence-corrected chi connectivity index (χ4v) is 2.76. The van der Waals surface area contributed by atoms with E-state index in [1.54, 1.807) is 38.3 Å². The first-order valence-corrected chi connectivity index (χ1v) is 9.04. The molecule has 0 saturated carbocycles. The number of H-pyrrole nitrogens is 1. The Labute approximate surface area is 171 Å². The van der Waals surface area contributed by atoms with Crippen LogP contribution in [0.3, 0.4) is 0 Å². The predicted molar refractivity (Wildman–Crippen MR) is 110 cm³/mol. The molecule has 0 atom stereocenters. The van der Waals surface area contributed by atoms with Crippen molar-refractivity contribution in [3.63, 3.8) is 0 Å². The van der Waals surface area contributed by atoms with Gasteiger partial charge in [0.1, 0.15) is 12.3 Å². The zero-order chi connectivity index (χ0) is 20.1. The third kappa shape index (κ3) is 4.65. The molecule has 3 rings (SSSR count). The lowest BCUT2D eigenvalue weighted by Crippen LogP contribution is -2.22. The van der Waals surface area contributed by atoms with Crippen molar-refractivity contribution in [1.82, 2.24) is 14.9 Å². The first-order valence-electron chi connectivity index (χ1n) is 8.26. The number of methoxy groups -OCH3 is 1. The van der Waals surface area contributed by atoms with Gasteiger partial charge in [0.25, 0.3) is 5.56 Å². The maximum atomic E-state index is 12.1. The summed E-state index contributed by atoms with van der Waals surface area (Å²) in [6.07, 6.45) is 1.51. The molecule has 1 aromatic heterocycles. The second-order valence-electron chi connectivity index (χ2n) is 5.80. The van der Waals surface area contributed by atoms with Gasteiger partial charge in [-0.1, -0.05) is 23.7 Å². The lowest BCUT2D eigenvalue weighted by Gasteiger charge is -2.11. The quantitative estimate of drug-likeness (QED) is 0.489. The number of rotatable bonds is 6. The summed E-state index contributed by atoms with van der Waals surface area (Å²) in [6, 6.07) is 12.8. The van der Waals surface area contributed by atoms with Crippen molar-refractivity contribution in [3.8, 4) is 11.5 Å². The molecule has 0 unspecified atom stereocenters. The number of hydrogen-bond donors (Lipinski definition) is 1. The maximum absolute atomic E-state index is 12.1. The molecule has 0 saturated heterocycles. The number of hydrogen-bond acceptors (Lipinski definition) is 6. The van der Waals surface area contributed by atoms with Crippen LogP contribution in [0, 0.1) is 11.7 Å². The van der Waals surface area contributed by atoms with Crippen LogP contribution in [-0.4, -0.2) is 28.2 Å². The molecule has 7 nitrogen and oxygen atoms in total. The summed E-state index contributed by atoms with van der Waals surface area (Å²) in [5.74, 6) is 1.11. The SMILES string of the molecule is COc1cc(/C=N\n2c(=S)[nH]nc(C)c2=O)ccc1OCc1cccc(Cl)c1. The summed E-state index contributed by atoms with van der Waals surface area (Å²) in [6.45, 7) is 1.93. The number of aromatic amines is 1. The third-order valence-electron chi connectivity index (χ3n) is 3.81. The van der Waals surface area contributed by atoms with Gasteiger partial charge in [-0.05, 0) is 60.6 Å². The van der Waals surface area contributed by atoms with E-state index in [1.165, 1.54) is 6.21 Å². The molecule has 0 fully saturated rings. The molecule has 0 amide bonds. The van der Waals surface area contributed by atoms with Crippen molar-refractivity contribution >= 4 is 30.0 Å². The second kappa shape index (κ2) is 8.81. The highest BCUT2D eigenvalue weighted by molar-refractivity contribution is 7.71. The van der Waals surface area contributed by atoms with Crippen molar-refractivity contribution in [2.75, 3.05) is 7.11 Å². The van der Waals surface area contributed by atoms with Crippen molar-refractivity contribution < 1.29 is 9.47 Å². The van der Waals surface area contributed by atoms with E-state index in [2.05, 4.69) is 15.3 Å². The Morgan fingerprint density at radius 1 is 1.29 bits per heavy atom. The summed E-state index contributed by atoms with van der Waals surface area (Å²) >= 11 is 11.0. The van der Waals surface area contributed by atoms with Gasteiger partial charge in [-0.25, -0.2) is 0 Å². The smallest absolute Gasteiger partial charge is 0.296 e. The molecule has 1 heterocycles. The standard InChI is InChI=1S/C19H17ClN4O3S/c1-12-18(25)24(19(28)23-22-12)21-10-13-6-7-16(17(9-13)26-2)27-11-14-4-3-5-15(20)8-14/h3-10H,11H2,1-2H3,(H,23,28)/b21-10-. The van der Waals surface area contributed by atoms with Crippen LogP contribution in [0.5, 0.6) is 11.5 Å². The largest absolute Gasteiger partial charge is 0.493 e. The van der Waals surface area contributed by atoms with Crippen LogP contribution in [0.2, 0.25) is 5.02 Å². The van der Waals surface area contributed by atoms with E-state index in [0.29, 0.717) is 28.7 Å². The molecule has 0 aliphatic rings. The van der Waals surface area contributed by atoms with Crippen molar-refractivity contribution in [1.29, 1.82) is 0 Å². The Morgan fingerprint density at radius 3 is 2.86 bits per heavy atom. The number of nitrogens with zero attached hydrogens (tertiary/aromatic N) is 3. The van der Waals surface area contributed by atoms with Gasteiger partial charge in [0.05, 0.1) is 13.3 Å². The van der Waals surface area contributed by atoms with Crippen LogP contribution in [0.4, 0.5) is 0 Å². The molecule has 3 aromatic rings. The van der Waals surface area contributed by atoms with Crippen LogP contribution in [0.25, 0.3) is 0 Å². The van der Waals surface area contributed by atoms with Gasteiger partial charge >= 0.3 is 0 Å². The van der Waals surface area contributed by atoms with Gasteiger partial charge in [0.15, 0.2) is 11.5 Å². The molecule has 2 aromatic carbocycles. The molecular weight excluding hydrogens is 400 g/mol. The first-order chi connectivity index (χ1) is 13.5. The van der Waals surface area contributed by atoms with E-state index in [1.807, 2.05) is 18.2 Å². The number of nitrogens with one attached hydrogen (secondary N) is 1. The molecule has 1 N–H and O–H groups in total. The molecule has 0 radical (unpaired) electrons. The fraction of sp³-hybridized carbons (Fsp3) is 0.158. The van der Waals surface area contributed by atoms with E-state index in [4.69, 9.17) is 33.3 Å². The van der Waals surface area contributed by atoms with Gasteiger partial charge in [0.2, 0.25) is 4.77 Å². The monoisotopic (exact) mass is 416 g/mol. The van der Waals surface area contributed by atoms with E-state index in [9.17, 15) is 4.79 Å². The average Bonchev–Trinajstić information content (AvgIpc) is 2.69. The Balaban J connectivity index is 1.81. The van der Waals surface area contributed by atoms with E-state index in [-0.39, 0.29) is 16.0 Å². The van der Waals surface area contributed by atoms with Crippen LogP contribution in [0.15, 0.2) is 52.4 Å². The van der Waals surface area contributed by atoms with Gasteiger partial charge in [-0.3, -0.25) is 9.89 Å². The van der Waals surface area contributed by atoms with Crippen LogP contribution in [0.1, 0.15) is 16.8 Å². The van der Waals surface area contributed by atoms with E-state index >= 15 is 0 Å². The summed E-state index contributed by atoms with van der Waals surface area (Å²) in [4.78, 5) is 12.1. The Kier molecular flexibility index (Phi) is 6.23. The summed E-state index contributed by atoms with van der Waals surface area (Å²) in [5, 5.41) is 11.2. The number of benzene rings is 2. The Hall–Kier alpha value is -2.97. The van der Waals surface area contributed by atoms with Gasteiger partial charge in [-0.2, -0.15) is 14.9 Å². The minimum absolute atomic E-state index is 0.111. The maximum Gasteiger partial charge on any atom is 0.296 e. The third-order valence-corrected chi connectivity index (χ3v) is 4.31. The lowest BCUT2D eigenvalue weighted by atomic mass is 10.2. The molecule has 0 bridgehead atoms. The molecule has 0 aliphatic heterocycles. The average molecular weight is 417 g/mol. The predicted octanol–water partition coefficient (Wildman–Crippen LogP) is 3.73. The minimum Gasteiger partial charge on any atom is -0.493 e. The second-order valence-corrected chi connectivity index (χ2v) is 6.63. The van der Waals surface area contributed by atoms with E-state index < -0.39 is 0 Å². The van der Waals surface area contributed by atoms with Gasteiger partial charge < -0.3 is 9.47 Å². The summed E-state index contributed by atoms with van der Waals surface area (Å²) in [5.41, 5.74) is 1.55. The summed E-state index contributed by atoms with van der Waals surface area (Å²) in [7, 11) is 1.55. The lowest BCUT2D eigenvalue weighted by molar-refractivity contribution is 0.284. The highest BCUT2D eigenvalue weighted by Gasteiger charge is 2.07. The number of aryl methyl sites for hydroxylation is 1. The Bertz CT molecular complexity index is 1140. The van der Waals surface area contributed by atoms with Crippen LogP contribution >= 0.6 is 23.8 Å². The molecule has 144 valence electrons. The topological polar surface area (TPSA) is 81.5 Å². The van der Waals surface area contributed by atoms with E-state index in [0.717, 1.165) is 10.2 Å². The number of halogens is 1. The van der Waals surface area contributed by atoms with Crippen LogP contribution < -0.4 is 15.0 Å².